The molecule has 1 unspecified atom stereocenters. The number of hydrogen-bond acceptors (Lipinski definition) is 5. The van der Waals surface area contributed by atoms with Crippen LogP contribution in [-0.2, 0) is 11.3 Å². The Labute approximate surface area is 198 Å². The van der Waals surface area contributed by atoms with Crippen LogP contribution in [0.4, 0.5) is 0 Å². The molecule has 33 heavy (non-hydrogen) atoms. The molecule has 0 spiro atoms. The van der Waals surface area contributed by atoms with Crippen molar-refractivity contribution in [1.29, 1.82) is 0 Å². The second-order valence-corrected chi connectivity index (χ2v) is 9.08. The maximum atomic E-state index is 13.5. The zero-order chi connectivity index (χ0) is 23.3. The van der Waals surface area contributed by atoms with E-state index in [1.54, 1.807) is 24.3 Å². The number of halogens is 1. The Balaban J connectivity index is 1.58. The first-order valence-corrected chi connectivity index (χ1v) is 11.2. The molecule has 6 nitrogen and oxygen atoms in total. The number of furan rings is 2. The van der Waals surface area contributed by atoms with Crippen molar-refractivity contribution >= 4 is 38.6 Å². The third-order valence-electron chi connectivity index (χ3n) is 5.91. The number of aryl methyl sites for hydroxylation is 2. The van der Waals surface area contributed by atoms with Crippen LogP contribution in [-0.4, -0.2) is 21.7 Å². The van der Waals surface area contributed by atoms with E-state index >= 15 is 0 Å². The molecule has 1 amide bonds. The van der Waals surface area contributed by atoms with Gasteiger partial charge < -0.3 is 18.8 Å². The Hall–Kier alpha value is -3.58. The smallest absolute Gasteiger partial charge is 0.290 e. The molecule has 3 heterocycles. The SMILES string of the molecule is Cc1ccc(C)c(CN2C(=O)C(O)=C(C(=O)c3cc4cc(Br)ccc4o3)C2c2ccco2)c1. The standard InChI is InChI=1S/C26H20BrNO5/c1-14-5-6-15(2)17(10-14)13-28-23(20-4-3-9-32-20)22(25(30)26(28)31)24(29)21-12-16-11-18(27)7-8-19(16)33-21/h3-12,23,30H,13H2,1-2H3. The first-order chi connectivity index (χ1) is 15.8. The summed E-state index contributed by atoms with van der Waals surface area (Å²) in [5, 5.41) is 11.6. The first-order valence-electron chi connectivity index (χ1n) is 10.4. The van der Waals surface area contributed by atoms with Crippen molar-refractivity contribution in [2.75, 3.05) is 0 Å². The van der Waals surface area contributed by atoms with Gasteiger partial charge in [0.2, 0.25) is 5.78 Å². The zero-order valence-electron chi connectivity index (χ0n) is 18.0. The van der Waals surface area contributed by atoms with Gasteiger partial charge in [-0.1, -0.05) is 39.7 Å². The molecule has 0 fully saturated rings. The molecule has 0 saturated carbocycles. The number of rotatable bonds is 5. The molecule has 0 saturated heterocycles. The minimum atomic E-state index is -0.875. The Kier molecular flexibility index (Phi) is 5.21. The molecular weight excluding hydrogens is 486 g/mol. The summed E-state index contributed by atoms with van der Waals surface area (Å²) in [6, 6.07) is 15.5. The summed E-state index contributed by atoms with van der Waals surface area (Å²) in [5.41, 5.74) is 3.47. The van der Waals surface area contributed by atoms with E-state index in [4.69, 9.17) is 8.83 Å². The summed E-state index contributed by atoms with van der Waals surface area (Å²) in [6.45, 7) is 4.15. The highest BCUT2D eigenvalue weighted by Crippen LogP contribution is 2.41. The summed E-state index contributed by atoms with van der Waals surface area (Å²) < 4.78 is 12.2. The van der Waals surface area contributed by atoms with Crippen molar-refractivity contribution in [3.8, 4) is 0 Å². The number of amides is 1. The number of ketones is 1. The lowest BCUT2D eigenvalue weighted by molar-refractivity contribution is -0.130. The van der Waals surface area contributed by atoms with Gasteiger partial charge in [-0.25, -0.2) is 0 Å². The second-order valence-electron chi connectivity index (χ2n) is 8.17. The number of aliphatic hydroxyl groups is 1. The van der Waals surface area contributed by atoms with Crippen LogP contribution in [0.2, 0.25) is 0 Å². The predicted molar refractivity (Wildman–Crippen MR) is 126 cm³/mol. The van der Waals surface area contributed by atoms with Crippen molar-refractivity contribution < 1.29 is 23.5 Å². The van der Waals surface area contributed by atoms with E-state index in [1.807, 2.05) is 44.2 Å². The molecule has 5 rings (SSSR count). The first kappa shape index (κ1) is 21.3. The van der Waals surface area contributed by atoms with Crippen molar-refractivity contribution in [3.05, 3.63) is 105 Å². The molecule has 4 aromatic rings. The average Bonchev–Trinajstić information content (AvgIpc) is 3.51. The zero-order valence-corrected chi connectivity index (χ0v) is 19.5. The molecule has 2 aromatic carbocycles. The molecule has 1 N–H and O–H groups in total. The van der Waals surface area contributed by atoms with Crippen LogP contribution in [0.15, 0.2) is 85.5 Å². The Bertz CT molecular complexity index is 1430. The highest BCUT2D eigenvalue weighted by Gasteiger charge is 2.46. The van der Waals surface area contributed by atoms with Crippen LogP contribution in [0.1, 0.15) is 39.0 Å². The summed E-state index contributed by atoms with van der Waals surface area (Å²) in [7, 11) is 0. The number of carbonyl (C=O) groups excluding carboxylic acids is 2. The van der Waals surface area contributed by atoms with Gasteiger partial charge in [-0.05, 0) is 61.4 Å². The number of hydrogen-bond donors (Lipinski definition) is 1. The minimum absolute atomic E-state index is 0.0441. The summed E-state index contributed by atoms with van der Waals surface area (Å²) in [6.07, 6.45) is 1.48. The maximum absolute atomic E-state index is 13.5. The van der Waals surface area contributed by atoms with E-state index in [1.165, 1.54) is 11.2 Å². The van der Waals surface area contributed by atoms with Gasteiger partial charge in [-0.15, -0.1) is 0 Å². The van der Waals surface area contributed by atoms with Crippen molar-refractivity contribution in [2.45, 2.75) is 26.4 Å². The van der Waals surface area contributed by atoms with Gasteiger partial charge >= 0.3 is 0 Å². The molecule has 0 radical (unpaired) electrons. The van der Waals surface area contributed by atoms with Crippen LogP contribution >= 0.6 is 15.9 Å². The van der Waals surface area contributed by atoms with Crippen LogP contribution in [0.3, 0.4) is 0 Å². The fourth-order valence-electron chi connectivity index (χ4n) is 4.20. The molecule has 7 heteroatoms. The van der Waals surface area contributed by atoms with Gasteiger partial charge in [0, 0.05) is 16.4 Å². The quantitative estimate of drug-likeness (QED) is 0.327. The maximum Gasteiger partial charge on any atom is 0.290 e. The van der Waals surface area contributed by atoms with E-state index in [2.05, 4.69) is 15.9 Å². The summed E-state index contributed by atoms with van der Waals surface area (Å²) >= 11 is 3.41. The van der Waals surface area contributed by atoms with Crippen LogP contribution in [0, 0.1) is 13.8 Å². The number of benzene rings is 2. The van der Waals surface area contributed by atoms with Crippen molar-refractivity contribution in [1.82, 2.24) is 4.90 Å². The van der Waals surface area contributed by atoms with Crippen LogP contribution in [0.25, 0.3) is 11.0 Å². The van der Waals surface area contributed by atoms with Gasteiger partial charge in [-0.2, -0.15) is 0 Å². The van der Waals surface area contributed by atoms with Crippen molar-refractivity contribution in [3.63, 3.8) is 0 Å². The topological polar surface area (TPSA) is 83.9 Å². The number of aliphatic hydroxyl groups excluding tert-OH is 1. The normalized spacial score (nSPS) is 16.3. The molecular formula is C26H20BrNO5. The lowest BCUT2D eigenvalue weighted by atomic mass is 9.98. The minimum Gasteiger partial charge on any atom is -0.503 e. The number of fused-ring (bicyclic) bond motifs is 1. The van der Waals surface area contributed by atoms with Gasteiger partial charge in [0.05, 0.1) is 11.8 Å². The number of Topliss-reactive ketones (excluding diaryl/α,β-unsaturated/α-hetero) is 1. The Morgan fingerprint density at radius 2 is 1.94 bits per heavy atom. The predicted octanol–water partition coefficient (Wildman–Crippen LogP) is 6.18. The fourth-order valence-corrected chi connectivity index (χ4v) is 4.58. The molecule has 1 aliphatic heterocycles. The average molecular weight is 506 g/mol. The lowest BCUT2D eigenvalue weighted by Gasteiger charge is -2.25. The molecule has 2 aromatic heterocycles. The number of carbonyl (C=O) groups is 2. The van der Waals surface area contributed by atoms with Gasteiger partial charge in [0.15, 0.2) is 11.5 Å². The van der Waals surface area contributed by atoms with Gasteiger partial charge in [0.25, 0.3) is 5.91 Å². The Morgan fingerprint density at radius 1 is 1.12 bits per heavy atom. The fraction of sp³-hybridized carbons (Fsp3) is 0.154. The summed E-state index contributed by atoms with van der Waals surface area (Å²) in [5.74, 6) is -1.34. The van der Waals surface area contributed by atoms with Crippen molar-refractivity contribution in [2.24, 2.45) is 0 Å². The lowest BCUT2D eigenvalue weighted by Crippen LogP contribution is -2.30. The van der Waals surface area contributed by atoms with E-state index < -0.39 is 23.5 Å². The van der Waals surface area contributed by atoms with Crippen LogP contribution < -0.4 is 0 Å². The highest BCUT2D eigenvalue weighted by atomic mass is 79.9. The molecule has 166 valence electrons. The monoisotopic (exact) mass is 505 g/mol. The molecule has 1 aliphatic rings. The van der Waals surface area contributed by atoms with E-state index in [9.17, 15) is 14.7 Å². The Morgan fingerprint density at radius 3 is 2.70 bits per heavy atom. The largest absolute Gasteiger partial charge is 0.503 e. The third kappa shape index (κ3) is 3.68. The molecule has 0 bridgehead atoms. The third-order valence-corrected chi connectivity index (χ3v) is 6.40. The highest BCUT2D eigenvalue weighted by molar-refractivity contribution is 9.10. The molecule has 0 aliphatic carbocycles. The van der Waals surface area contributed by atoms with E-state index in [0.29, 0.717) is 11.3 Å². The second kappa shape index (κ2) is 8.08. The van der Waals surface area contributed by atoms with Crippen LogP contribution in [0.5, 0.6) is 0 Å². The van der Waals surface area contributed by atoms with Gasteiger partial charge in [-0.3, -0.25) is 9.59 Å². The van der Waals surface area contributed by atoms with E-state index in [-0.39, 0.29) is 17.9 Å². The summed E-state index contributed by atoms with van der Waals surface area (Å²) in [4.78, 5) is 28.2. The molecule has 1 atom stereocenters. The van der Waals surface area contributed by atoms with Gasteiger partial charge in [0.1, 0.15) is 17.4 Å². The van der Waals surface area contributed by atoms with E-state index in [0.717, 1.165) is 26.5 Å². The number of nitrogens with zero attached hydrogens (tertiary/aromatic N) is 1.